The topological polar surface area (TPSA) is 109 Å². The van der Waals surface area contributed by atoms with Crippen LogP contribution in [-0.4, -0.2) is 28.3 Å². The second-order valence-electron chi connectivity index (χ2n) is 3.41. The maximum Gasteiger partial charge on any atom is 0.336 e. The van der Waals surface area contributed by atoms with Gasteiger partial charge in [-0.25, -0.2) is 9.59 Å². The summed E-state index contributed by atoms with van der Waals surface area (Å²) < 4.78 is 0. The molecular formula is C11H12N2O4S. The number of hydrogen-bond acceptors (Lipinski definition) is 4. The average Bonchev–Trinajstić information content (AvgIpc) is 2.28. The molecule has 0 heterocycles. The first-order valence-corrected chi connectivity index (χ1v) is 5.89. The molecule has 96 valence electrons. The molecule has 1 aromatic rings. The summed E-state index contributed by atoms with van der Waals surface area (Å²) in [7, 11) is 0. The minimum Gasteiger partial charge on any atom is -0.478 e. The van der Waals surface area contributed by atoms with E-state index in [1.54, 1.807) is 25.1 Å². The summed E-state index contributed by atoms with van der Waals surface area (Å²) in [6.07, 6.45) is 0. The highest BCUT2D eigenvalue weighted by molar-refractivity contribution is 8.00. The van der Waals surface area contributed by atoms with E-state index >= 15 is 0 Å². The van der Waals surface area contributed by atoms with Crippen molar-refractivity contribution in [1.29, 1.82) is 0 Å². The van der Waals surface area contributed by atoms with Crippen LogP contribution in [0.2, 0.25) is 0 Å². The molecule has 0 saturated heterocycles. The van der Waals surface area contributed by atoms with E-state index in [2.05, 4.69) is 0 Å². The normalized spacial score (nSPS) is 11.6. The molecule has 0 bridgehead atoms. The van der Waals surface area contributed by atoms with Gasteiger partial charge in [0, 0.05) is 4.90 Å². The van der Waals surface area contributed by atoms with Crippen molar-refractivity contribution in [3.63, 3.8) is 0 Å². The number of carboxylic acid groups (broad SMARTS) is 1. The Hall–Kier alpha value is -2.02. The molecule has 3 amide bonds. The number of rotatable bonds is 4. The molecule has 0 spiro atoms. The molecule has 0 aromatic heterocycles. The molecule has 1 rings (SSSR count). The van der Waals surface area contributed by atoms with Crippen LogP contribution < -0.4 is 11.1 Å². The summed E-state index contributed by atoms with van der Waals surface area (Å²) in [5, 5.41) is 10.3. The van der Waals surface area contributed by atoms with E-state index in [4.69, 9.17) is 10.8 Å². The van der Waals surface area contributed by atoms with Crippen LogP contribution in [0.3, 0.4) is 0 Å². The zero-order chi connectivity index (χ0) is 13.7. The highest BCUT2D eigenvalue weighted by atomic mass is 32.2. The fourth-order valence-electron chi connectivity index (χ4n) is 1.21. The van der Waals surface area contributed by atoms with E-state index in [-0.39, 0.29) is 5.56 Å². The van der Waals surface area contributed by atoms with Gasteiger partial charge in [-0.3, -0.25) is 10.1 Å². The van der Waals surface area contributed by atoms with Gasteiger partial charge in [-0.1, -0.05) is 12.1 Å². The van der Waals surface area contributed by atoms with Gasteiger partial charge in [0.1, 0.15) is 0 Å². The van der Waals surface area contributed by atoms with Crippen LogP contribution in [0.25, 0.3) is 0 Å². The first-order valence-electron chi connectivity index (χ1n) is 5.01. The highest BCUT2D eigenvalue weighted by Gasteiger charge is 2.18. The second-order valence-corrected chi connectivity index (χ2v) is 4.80. The Labute approximate surface area is 108 Å². The van der Waals surface area contributed by atoms with Gasteiger partial charge in [-0.05, 0) is 19.1 Å². The van der Waals surface area contributed by atoms with Crippen molar-refractivity contribution in [1.82, 2.24) is 5.32 Å². The number of primary amides is 1. The van der Waals surface area contributed by atoms with Crippen molar-refractivity contribution in [2.45, 2.75) is 17.1 Å². The third-order valence-corrected chi connectivity index (χ3v) is 3.21. The number of aromatic carboxylic acids is 1. The summed E-state index contributed by atoms with van der Waals surface area (Å²) in [6, 6.07) is 5.39. The van der Waals surface area contributed by atoms with Gasteiger partial charge in [-0.2, -0.15) is 0 Å². The molecule has 1 atom stereocenters. The Bertz CT molecular complexity index is 490. The molecule has 0 fully saturated rings. The number of carboxylic acids is 1. The lowest BCUT2D eigenvalue weighted by atomic mass is 10.2. The summed E-state index contributed by atoms with van der Waals surface area (Å²) in [4.78, 5) is 33.4. The van der Waals surface area contributed by atoms with E-state index in [0.29, 0.717) is 4.90 Å². The summed E-state index contributed by atoms with van der Waals surface area (Å²) >= 11 is 1.05. The number of thioether (sulfide) groups is 1. The predicted molar refractivity (Wildman–Crippen MR) is 66.4 cm³/mol. The lowest BCUT2D eigenvalue weighted by Gasteiger charge is -2.11. The number of urea groups is 1. The molecule has 0 radical (unpaired) electrons. The van der Waals surface area contributed by atoms with E-state index in [0.717, 1.165) is 11.8 Å². The largest absolute Gasteiger partial charge is 0.478 e. The van der Waals surface area contributed by atoms with Crippen molar-refractivity contribution in [3.05, 3.63) is 29.8 Å². The number of imide groups is 1. The molecule has 0 aliphatic rings. The molecule has 0 saturated carbocycles. The molecule has 1 unspecified atom stereocenters. The number of carbonyl (C=O) groups is 3. The van der Waals surface area contributed by atoms with Gasteiger partial charge in [-0.15, -0.1) is 11.8 Å². The first-order chi connectivity index (χ1) is 8.41. The summed E-state index contributed by atoms with van der Waals surface area (Å²) in [5.74, 6) is -1.63. The Morgan fingerprint density at radius 1 is 1.33 bits per heavy atom. The Morgan fingerprint density at radius 2 is 1.94 bits per heavy atom. The number of nitrogens with two attached hydrogens (primary N) is 1. The van der Waals surface area contributed by atoms with E-state index in [1.807, 2.05) is 5.32 Å². The van der Waals surface area contributed by atoms with Crippen LogP contribution in [0.5, 0.6) is 0 Å². The minimum atomic E-state index is -1.07. The molecule has 4 N–H and O–H groups in total. The first kappa shape index (κ1) is 14.0. The van der Waals surface area contributed by atoms with Crippen molar-refractivity contribution >= 4 is 29.7 Å². The fraction of sp³-hybridized carbons (Fsp3) is 0.182. The molecule has 0 aliphatic heterocycles. The number of carbonyl (C=O) groups excluding carboxylic acids is 2. The third-order valence-electron chi connectivity index (χ3n) is 2.04. The molecule has 18 heavy (non-hydrogen) atoms. The van der Waals surface area contributed by atoms with Gasteiger partial charge >= 0.3 is 12.0 Å². The maximum absolute atomic E-state index is 11.5. The zero-order valence-corrected chi connectivity index (χ0v) is 10.4. The molecular weight excluding hydrogens is 256 g/mol. The van der Waals surface area contributed by atoms with Crippen LogP contribution in [0, 0.1) is 0 Å². The fourth-order valence-corrected chi connectivity index (χ4v) is 2.20. The van der Waals surface area contributed by atoms with Crippen LogP contribution >= 0.6 is 11.8 Å². The maximum atomic E-state index is 11.5. The van der Waals surface area contributed by atoms with E-state index in [1.165, 1.54) is 6.07 Å². The lowest BCUT2D eigenvalue weighted by molar-refractivity contribution is -0.119. The average molecular weight is 268 g/mol. The molecule has 0 aliphatic carbocycles. The summed E-state index contributed by atoms with van der Waals surface area (Å²) in [5.41, 5.74) is 4.94. The quantitative estimate of drug-likeness (QED) is 0.707. The second kappa shape index (κ2) is 6.06. The van der Waals surface area contributed by atoms with Crippen molar-refractivity contribution < 1.29 is 19.5 Å². The number of amides is 3. The molecule has 1 aromatic carbocycles. The third kappa shape index (κ3) is 3.77. The smallest absolute Gasteiger partial charge is 0.336 e. The van der Waals surface area contributed by atoms with Gasteiger partial charge in [0.05, 0.1) is 10.8 Å². The van der Waals surface area contributed by atoms with Gasteiger partial charge in [0.25, 0.3) is 0 Å². The van der Waals surface area contributed by atoms with Crippen LogP contribution in [0.4, 0.5) is 4.79 Å². The standard InChI is InChI=1S/C11H12N2O4S/c1-6(9(14)13-11(12)17)18-8-5-3-2-4-7(8)10(15)16/h2-6H,1H3,(H,15,16)(H3,12,13,14,17). The van der Waals surface area contributed by atoms with Crippen molar-refractivity contribution in [2.75, 3.05) is 0 Å². The van der Waals surface area contributed by atoms with Crippen LogP contribution in [0.1, 0.15) is 17.3 Å². The Morgan fingerprint density at radius 3 is 2.50 bits per heavy atom. The SMILES string of the molecule is CC(Sc1ccccc1C(=O)O)C(=O)NC(N)=O. The highest BCUT2D eigenvalue weighted by Crippen LogP contribution is 2.26. The number of hydrogen-bond donors (Lipinski definition) is 3. The number of benzene rings is 1. The zero-order valence-electron chi connectivity index (χ0n) is 9.54. The molecule has 6 nitrogen and oxygen atoms in total. The van der Waals surface area contributed by atoms with Gasteiger partial charge < -0.3 is 10.8 Å². The Balaban J connectivity index is 2.81. The van der Waals surface area contributed by atoms with E-state index < -0.39 is 23.2 Å². The van der Waals surface area contributed by atoms with Crippen LogP contribution in [-0.2, 0) is 4.79 Å². The monoisotopic (exact) mass is 268 g/mol. The predicted octanol–water partition coefficient (Wildman–Crippen LogP) is 1.06. The van der Waals surface area contributed by atoms with E-state index in [9.17, 15) is 14.4 Å². The van der Waals surface area contributed by atoms with Gasteiger partial charge in [0.2, 0.25) is 5.91 Å². The van der Waals surface area contributed by atoms with Crippen LogP contribution in [0.15, 0.2) is 29.2 Å². The lowest BCUT2D eigenvalue weighted by Crippen LogP contribution is -2.39. The molecule has 7 heteroatoms. The minimum absolute atomic E-state index is 0.112. The number of nitrogens with one attached hydrogen (secondary N) is 1. The van der Waals surface area contributed by atoms with Crippen molar-refractivity contribution in [2.24, 2.45) is 5.73 Å². The Kier molecular flexibility index (Phi) is 4.73. The van der Waals surface area contributed by atoms with Crippen molar-refractivity contribution in [3.8, 4) is 0 Å². The summed E-state index contributed by atoms with van der Waals surface area (Å²) in [6.45, 7) is 1.56. The van der Waals surface area contributed by atoms with Gasteiger partial charge in [0.15, 0.2) is 0 Å².